The van der Waals surface area contributed by atoms with Gasteiger partial charge in [0.25, 0.3) is 0 Å². The van der Waals surface area contributed by atoms with Crippen molar-refractivity contribution in [2.45, 2.75) is 46.1 Å². The average molecular weight is 198 g/mol. The molecule has 0 spiro atoms. The molecule has 1 fully saturated rings. The second kappa shape index (κ2) is 3.54. The number of hydrogen-bond donors (Lipinski definition) is 2. The van der Waals surface area contributed by atoms with E-state index in [9.17, 15) is 4.79 Å². The van der Waals surface area contributed by atoms with Gasteiger partial charge in [0.05, 0.1) is 0 Å². The van der Waals surface area contributed by atoms with E-state index in [4.69, 9.17) is 5.73 Å². The maximum atomic E-state index is 11.4. The van der Waals surface area contributed by atoms with Crippen LogP contribution >= 0.6 is 0 Å². The van der Waals surface area contributed by atoms with Crippen molar-refractivity contribution < 1.29 is 4.79 Å². The fraction of sp³-hybridized carbons (Fsp3) is 0.909. The maximum Gasteiger partial charge on any atom is 0.221 e. The summed E-state index contributed by atoms with van der Waals surface area (Å²) in [6.45, 7) is 9.01. The minimum absolute atomic E-state index is 0.0696. The van der Waals surface area contributed by atoms with Gasteiger partial charge in [0, 0.05) is 18.5 Å². The van der Waals surface area contributed by atoms with Crippen molar-refractivity contribution in [1.29, 1.82) is 0 Å². The predicted octanol–water partition coefficient (Wildman–Crippen LogP) is 1.28. The molecule has 0 saturated heterocycles. The summed E-state index contributed by atoms with van der Waals surface area (Å²) in [5, 5.41) is 2.94. The van der Waals surface area contributed by atoms with Gasteiger partial charge in [-0.2, -0.15) is 0 Å². The molecule has 14 heavy (non-hydrogen) atoms. The van der Waals surface area contributed by atoms with E-state index < -0.39 is 5.54 Å². The summed E-state index contributed by atoms with van der Waals surface area (Å²) in [6, 6.07) is 0. The molecule has 3 N–H and O–H groups in total. The Morgan fingerprint density at radius 2 is 2.07 bits per heavy atom. The van der Waals surface area contributed by atoms with Crippen molar-refractivity contribution in [3.05, 3.63) is 0 Å². The van der Waals surface area contributed by atoms with Gasteiger partial charge in [0.2, 0.25) is 5.91 Å². The molecule has 0 aromatic rings. The fourth-order valence-corrected chi connectivity index (χ4v) is 1.64. The van der Waals surface area contributed by atoms with Gasteiger partial charge in [0.1, 0.15) is 0 Å². The van der Waals surface area contributed by atoms with Crippen LogP contribution in [0.4, 0.5) is 0 Å². The zero-order valence-electron chi connectivity index (χ0n) is 9.68. The SMILES string of the molecule is CC(C)(N)CC(=O)NCC1CC1(C)C. The fourth-order valence-electron chi connectivity index (χ4n) is 1.64. The van der Waals surface area contributed by atoms with Crippen molar-refractivity contribution >= 4 is 5.91 Å². The van der Waals surface area contributed by atoms with Gasteiger partial charge in [-0.3, -0.25) is 4.79 Å². The Balaban J connectivity index is 2.17. The number of rotatable bonds is 4. The van der Waals surface area contributed by atoms with E-state index in [0.29, 0.717) is 17.8 Å². The molecule has 3 heteroatoms. The molecule has 82 valence electrons. The van der Waals surface area contributed by atoms with E-state index in [0.717, 1.165) is 6.54 Å². The summed E-state index contributed by atoms with van der Waals surface area (Å²) < 4.78 is 0. The normalized spacial score (nSPS) is 24.5. The van der Waals surface area contributed by atoms with Gasteiger partial charge < -0.3 is 11.1 Å². The minimum Gasteiger partial charge on any atom is -0.356 e. The van der Waals surface area contributed by atoms with Crippen molar-refractivity contribution in [2.24, 2.45) is 17.1 Å². The topological polar surface area (TPSA) is 55.1 Å². The Morgan fingerprint density at radius 3 is 2.43 bits per heavy atom. The van der Waals surface area contributed by atoms with E-state index in [1.807, 2.05) is 13.8 Å². The van der Waals surface area contributed by atoms with E-state index in [2.05, 4.69) is 19.2 Å². The smallest absolute Gasteiger partial charge is 0.221 e. The van der Waals surface area contributed by atoms with Crippen molar-refractivity contribution in [2.75, 3.05) is 6.54 Å². The first-order chi connectivity index (χ1) is 6.21. The summed E-state index contributed by atoms with van der Waals surface area (Å²) >= 11 is 0. The molecule has 1 amide bonds. The molecule has 1 atom stereocenters. The number of carbonyl (C=O) groups excluding carboxylic acids is 1. The van der Waals surface area contributed by atoms with Crippen LogP contribution in [0, 0.1) is 11.3 Å². The highest BCUT2D eigenvalue weighted by atomic mass is 16.1. The van der Waals surface area contributed by atoms with Crippen LogP contribution in [-0.4, -0.2) is 18.0 Å². The zero-order chi connectivity index (χ0) is 11.0. The third-order valence-corrected chi connectivity index (χ3v) is 2.88. The molecule has 0 heterocycles. The third kappa shape index (κ3) is 3.66. The molecule has 0 aromatic carbocycles. The first-order valence-electron chi connectivity index (χ1n) is 5.26. The Bertz CT molecular complexity index is 228. The molecule has 0 bridgehead atoms. The molecule has 3 nitrogen and oxygen atoms in total. The van der Waals surface area contributed by atoms with Crippen LogP contribution < -0.4 is 11.1 Å². The van der Waals surface area contributed by atoms with Crippen LogP contribution in [0.1, 0.15) is 40.5 Å². The summed E-state index contributed by atoms with van der Waals surface area (Å²) in [5.74, 6) is 0.729. The Labute approximate surface area is 86.4 Å². The summed E-state index contributed by atoms with van der Waals surface area (Å²) in [5.41, 5.74) is 5.79. The highest BCUT2D eigenvalue weighted by molar-refractivity contribution is 5.77. The summed E-state index contributed by atoms with van der Waals surface area (Å²) in [4.78, 5) is 11.4. The van der Waals surface area contributed by atoms with Gasteiger partial charge in [-0.15, -0.1) is 0 Å². The minimum atomic E-state index is -0.400. The first-order valence-corrected chi connectivity index (χ1v) is 5.26. The first kappa shape index (κ1) is 11.5. The lowest BCUT2D eigenvalue weighted by molar-refractivity contribution is -0.122. The van der Waals surface area contributed by atoms with Crippen molar-refractivity contribution in [3.8, 4) is 0 Å². The lowest BCUT2D eigenvalue weighted by Gasteiger charge is -2.17. The highest BCUT2D eigenvalue weighted by Gasteiger charge is 2.45. The summed E-state index contributed by atoms with van der Waals surface area (Å²) in [7, 11) is 0. The second-order valence-corrected chi connectivity index (χ2v) is 5.86. The Hall–Kier alpha value is -0.570. The van der Waals surface area contributed by atoms with Gasteiger partial charge in [0.15, 0.2) is 0 Å². The molecule has 0 aromatic heterocycles. The van der Waals surface area contributed by atoms with Crippen molar-refractivity contribution in [3.63, 3.8) is 0 Å². The maximum absolute atomic E-state index is 11.4. The molecule has 1 aliphatic carbocycles. The van der Waals surface area contributed by atoms with Crippen LogP contribution in [0.5, 0.6) is 0 Å². The lowest BCUT2D eigenvalue weighted by atomic mass is 10.0. The number of hydrogen-bond acceptors (Lipinski definition) is 2. The van der Waals surface area contributed by atoms with Crippen LogP contribution in [0.25, 0.3) is 0 Å². The number of nitrogens with two attached hydrogens (primary N) is 1. The summed E-state index contributed by atoms with van der Waals surface area (Å²) in [6.07, 6.45) is 1.62. The molecular weight excluding hydrogens is 176 g/mol. The van der Waals surface area contributed by atoms with Gasteiger partial charge in [-0.1, -0.05) is 13.8 Å². The molecule has 1 saturated carbocycles. The largest absolute Gasteiger partial charge is 0.356 e. The second-order valence-electron chi connectivity index (χ2n) is 5.86. The van der Waals surface area contributed by atoms with Crippen LogP contribution in [0.2, 0.25) is 0 Å². The van der Waals surface area contributed by atoms with Gasteiger partial charge in [-0.05, 0) is 31.6 Å². The lowest BCUT2D eigenvalue weighted by Crippen LogP contribution is -2.39. The van der Waals surface area contributed by atoms with Gasteiger partial charge >= 0.3 is 0 Å². The number of amides is 1. The molecule has 1 aliphatic rings. The molecule has 0 radical (unpaired) electrons. The monoisotopic (exact) mass is 198 g/mol. The Morgan fingerprint density at radius 1 is 1.57 bits per heavy atom. The Kier molecular flexibility index (Phi) is 2.91. The average Bonchev–Trinajstić information content (AvgIpc) is 2.51. The van der Waals surface area contributed by atoms with Crippen molar-refractivity contribution in [1.82, 2.24) is 5.32 Å². The third-order valence-electron chi connectivity index (χ3n) is 2.88. The molecule has 0 aliphatic heterocycles. The van der Waals surface area contributed by atoms with E-state index >= 15 is 0 Å². The quantitative estimate of drug-likeness (QED) is 0.715. The van der Waals surface area contributed by atoms with E-state index in [-0.39, 0.29) is 5.91 Å². The zero-order valence-corrected chi connectivity index (χ0v) is 9.68. The van der Waals surface area contributed by atoms with Gasteiger partial charge in [-0.25, -0.2) is 0 Å². The van der Waals surface area contributed by atoms with Crippen LogP contribution in [-0.2, 0) is 4.79 Å². The molecular formula is C11H22N2O. The van der Waals surface area contributed by atoms with Crippen LogP contribution in [0.15, 0.2) is 0 Å². The van der Waals surface area contributed by atoms with E-state index in [1.54, 1.807) is 0 Å². The predicted molar refractivity (Wildman–Crippen MR) is 57.8 cm³/mol. The highest BCUT2D eigenvalue weighted by Crippen LogP contribution is 2.50. The standard InChI is InChI=1S/C11H22N2O/c1-10(2)5-8(10)7-13-9(14)6-11(3,4)12/h8H,5-7,12H2,1-4H3,(H,13,14). The number of nitrogens with one attached hydrogen (secondary N) is 1. The molecule has 1 unspecified atom stereocenters. The number of carbonyl (C=O) groups is 1. The molecule has 1 rings (SSSR count). The van der Waals surface area contributed by atoms with E-state index in [1.165, 1.54) is 6.42 Å². The van der Waals surface area contributed by atoms with Crippen LogP contribution in [0.3, 0.4) is 0 Å².